The fourth-order valence-corrected chi connectivity index (χ4v) is 6.89. The highest BCUT2D eigenvalue weighted by atomic mass is 16.5. The summed E-state index contributed by atoms with van der Waals surface area (Å²) in [4.78, 5) is 12.7. The van der Waals surface area contributed by atoms with E-state index in [9.17, 15) is 4.79 Å². The van der Waals surface area contributed by atoms with Crippen LogP contribution in [-0.2, 0) is 14.3 Å². The van der Waals surface area contributed by atoms with E-state index in [0.717, 1.165) is 38.5 Å². The Morgan fingerprint density at radius 3 is 2.62 bits per heavy atom. The summed E-state index contributed by atoms with van der Waals surface area (Å²) in [6.45, 7) is 4.68. The molecule has 24 heavy (non-hydrogen) atoms. The van der Waals surface area contributed by atoms with Crippen LogP contribution in [0.25, 0.3) is 0 Å². The Morgan fingerprint density at radius 2 is 1.92 bits per heavy atom. The van der Waals surface area contributed by atoms with Crippen molar-refractivity contribution in [1.82, 2.24) is 0 Å². The van der Waals surface area contributed by atoms with Crippen LogP contribution in [0.2, 0.25) is 0 Å². The highest BCUT2D eigenvalue weighted by Crippen LogP contribution is 2.64. The maximum atomic E-state index is 12.7. The van der Waals surface area contributed by atoms with Crippen molar-refractivity contribution in [2.75, 3.05) is 14.2 Å². The van der Waals surface area contributed by atoms with Crippen molar-refractivity contribution in [1.29, 1.82) is 0 Å². The minimum atomic E-state index is -0.249. The normalized spacial score (nSPS) is 50.8. The minimum Gasteiger partial charge on any atom is -0.381 e. The lowest BCUT2D eigenvalue weighted by molar-refractivity contribution is -0.154. The van der Waals surface area contributed by atoms with Crippen LogP contribution in [0.5, 0.6) is 0 Å². The molecule has 0 unspecified atom stereocenters. The number of ketones is 1. The van der Waals surface area contributed by atoms with E-state index in [1.165, 1.54) is 6.42 Å². The molecule has 4 aliphatic rings. The Kier molecular flexibility index (Phi) is 3.96. The number of carbonyl (C=O) groups is 1. The van der Waals surface area contributed by atoms with Gasteiger partial charge >= 0.3 is 0 Å². The van der Waals surface area contributed by atoms with Crippen molar-refractivity contribution >= 4 is 5.78 Å². The van der Waals surface area contributed by atoms with Crippen LogP contribution < -0.4 is 0 Å². The molecule has 0 saturated heterocycles. The zero-order chi connectivity index (χ0) is 17.1. The summed E-state index contributed by atoms with van der Waals surface area (Å²) >= 11 is 0. The molecule has 4 aliphatic carbocycles. The molecule has 0 heterocycles. The smallest absolute Gasteiger partial charge is 0.141 e. The lowest BCUT2D eigenvalue weighted by Crippen LogP contribution is -2.56. The van der Waals surface area contributed by atoms with E-state index < -0.39 is 0 Å². The molecule has 3 saturated carbocycles. The first-order valence-corrected chi connectivity index (χ1v) is 9.73. The molecule has 0 aliphatic heterocycles. The Bertz CT molecular complexity index is 567. The van der Waals surface area contributed by atoms with Gasteiger partial charge in [-0.05, 0) is 68.6 Å². The summed E-state index contributed by atoms with van der Waals surface area (Å²) in [5, 5.41) is 0. The van der Waals surface area contributed by atoms with Gasteiger partial charge in [-0.2, -0.15) is 0 Å². The number of ether oxygens (including phenoxy) is 2. The zero-order valence-corrected chi connectivity index (χ0v) is 15.6. The van der Waals surface area contributed by atoms with Gasteiger partial charge in [0.05, 0.1) is 17.6 Å². The predicted molar refractivity (Wildman–Crippen MR) is 93.7 cm³/mol. The summed E-state index contributed by atoms with van der Waals surface area (Å²) in [7, 11) is 3.65. The molecule has 0 N–H and O–H groups in total. The number of hydrogen-bond donors (Lipinski definition) is 0. The summed E-state index contributed by atoms with van der Waals surface area (Å²) in [5.74, 6) is 2.26. The molecule has 0 aromatic rings. The van der Waals surface area contributed by atoms with Gasteiger partial charge < -0.3 is 9.47 Å². The number of carbonyl (C=O) groups excluding carboxylic acids is 1. The van der Waals surface area contributed by atoms with Gasteiger partial charge in [0.15, 0.2) is 0 Å². The average Bonchev–Trinajstić information content (AvgIpc) is 2.89. The van der Waals surface area contributed by atoms with Crippen molar-refractivity contribution in [3.8, 4) is 0 Å². The van der Waals surface area contributed by atoms with Gasteiger partial charge in [0, 0.05) is 20.6 Å². The molecular formula is C21H32O3. The van der Waals surface area contributed by atoms with Crippen LogP contribution >= 0.6 is 0 Å². The number of rotatable bonds is 2. The molecule has 3 heteroatoms. The Labute approximate surface area is 146 Å². The van der Waals surface area contributed by atoms with Crippen LogP contribution in [-0.4, -0.2) is 32.2 Å². The van der Waals surface area contributed by atoms with Gasteiger partial charge in [0.1, 0.15) is 5.78 Å². The molecule has 4 rings (SSSR count). The third kappa shape index (κ3) is 2.07. The maximum absolute atomic E-state index is 12.7. The van der Waals surface area contributed by atoms with Gasteiger partial charge in [0.2, 0.25) is 0 Å². The minimum absolute atomic E-state index is 0.0927. The van der Waals surface area contributed by atoms with E-state index in [1.807, 2.05) is 14.2 Å². The number of fused-ring (bicyclic) bond motifs is 5. The fraction of sp³-hybridized carbons (Fsp3) is 0.857. The van der Waals surface area contributed by atoms with Crippen LogP contribution in [0.15, 0.2) is 11.6 Å². The third-order valence-corrected chi connectivity index (χ3v) is 8.46. The van der Waals surface area contributed by atoms with Crippen LogP contribution in [0.4, 0.5) is 0 Å². The van der Waals surface area contributed by atoms with E-state index in [1.54, 1.807) is 5.57 Å². The largest absolute Gasteiger partial charge is 0.381 e. The maximum Gasteiger partial charge on any atom is 0.141 e. The number of Topliss-reactive ketones (excluding diaryl/α,β-unsaturated/α-hetero) is 1. The second-order valence-electron chi connectivity index (χ2n) is 9.06. The SMILES string of the molecule is CO[C@H]1CC[C@@]2(C)C(=CC[C@H]3[C@@H]4CCC(=O)[C@@]4(C)[C@H](OC)C[C@@H]32)C1. The molecule has 0 aromatic carbocycles. The third-order valence-electron chi connectivity index (χ3n) is 8.46. The van der Waals surface area contributed by atoms with Gasteiger partial charge in [-0.25, -0.2) is 0 Å². The van der Waals surface area contributed by atoms with Crippen molar-refractivity contribution < 1.29 is 14.3 Å². The molecule has 0 amide bonds. The van der Waals surface area contributed by atoms with E-state index in [4.69, 9.17) is 9.47 Å². The highest BCUT2D eigenvalue weighted by Gasteiger charge is 2.62. The number of methoxy groups -OCH3 is 2. The summed E-state index contributed by atoms with van der Waals surface area (Å²) in [6.07, 6.45) is 10.5. The van der Waals surface area contributed by atoms with Crippen LogP contribution in [0, 0.1) is 28.6 Å². The first kappa shape index (κ1) is 16.8. The molecule has 134 valence electrons. The summed E-state index contributed by atoms with van der Waals surface area (Å²) in [5.41, 5.74) is 1.65. The highest BCUT2D eigenvalue weighted by molar-refractivity contribution is 5.88. The Balaban J connectivity index is 1.71. The summed E-state index contributed by atoms with van der Waals surface area (Å²) < 4.78 is 11.6. The Hall–Kier alpha value is -0.670. The molecule has 0 spiro atoms. The lowest BCUT2D eigenvalue weighted by atomic mass is 9.47. The molecule has 3 nitrogen and oxygen atoms in total. The topological polar surface area (TPSA) is 35.5 Å². The number of allylic oxidation sites excluding steroid dienone is 1. The van der Waals surface area contributed by atoms with E-state index >= 15 is 0 Å². The van der Waals surface area contributed by atoms with Crippen molar-refractivity contribution in [2.45, 2.75) is 71.0 Å². The van der Waals surface area contributed by atoms with Crippen LogP contribution in [0.1, 0.15) is 58.8 Å². The molecule has 0 bridgehead atoms. The standard InChI is InChI=1S/C21H32O3/c1-20-10-9-14(23-3)11-13(20)5-6-15-16-7-8-18(22)21(16,2)19(24-4)12-17(15)20/h5,14-17,19H,6-12H2,1-4H3/t14-,15-,16-,17-,19+,20-,21-/m0/s1. The molecule has 3 fully saturated rings. The van der Waals surface area contributed by atoms with E-state index in [0.29, 0.717) is 29.6 Å². The van der Waals surface area contributed by atoms with Gasteiger partial charge in [-0.1, -0.05) is 18.6 Å². The molecule has 0 aromatic heterocycles. The molecular weight excluding hydrogens is 300 g/mol. The summed E-state index contributed by atoms with van der Waals surface area (Å²) in [6, 6.07) is 0. The zero-order valence-electron chi connectivity index (χ0n) is 15.6. The van der Waals surface area contributed by atoms with Crippen molar-refractivity contribution in [3.63, 3.8) is 0 Å². The molecule has 7 atom stereocenters. The quantitative estimate of drug-likeness (QED) is 0.712. The monoisotopic (exact) mass is 332 g/mol. The van der Waals surface area contributed by atoms with E-state index in [-0.39, 0.29) is 16.9 Å². The second-order valence-corrected chi connectivity index (χ2v) is 9.06. The average molecular weight is 332 g/mol. The van der Waals surface area contributed by atoms with Gasteiger partial charge in [-0.3, -0.25) is 4.79 Å². The van der Waals surface area contributed by atoms with Crippen molar-refractivity contribution in [2.24, 2.45) is 28.6 Å². The van der Waals surface area contributed by atoms with Crippen LogP contribution in [0.3, 0.4) is 0 Å². The lowest BCUT2D eigenvalue weighted by Gasteiger charge is -2.58. The fourth-order valence-electron chi connectivity index (χ4n) is 6.89. The molecule has 0 radical (unpaired) electrons. The van der Waals surface area contributed by atoms with E-state index in [2.05, 4.69) is 19.9 Å². The second kappa shape index (κ2) is 5.67. The first-order chi connectivity index (χ1) is 11.4. The van der Waals surface area contributed by atoms with Crippen molar-refractivity contribution in [3.05, 3.63) is 11.6 Å². The Morgan fingerprint density at radius 1 is 1.12 bits per heavy atom. The van der Waals surface area contributed by atoms with Gasteiger partial charge in [0.25, 0.3) is 0 Å². The predicted octanol–water partition coefficient (Wildman–Crippen LogP) is 4.16. The van der Waals surface area contributed by atoms with Gasteiger partial charge in [-0.15, -0.1) is 0 Å². The number of hydrogen-bond acceptors (Lipinski definition) is 3. The first-order valence-electron chi connectivity index (χ1n) is 9.73.